The van der Waals surface area contributed by atoms with Crippen molar-refractivity contribution in [3.8, 4) is 79.2 Å². The molecule has 0 N–H and O–H groups in total. The van der Waals surface area contributed by atoms with Crippen LogP contribution in [0.4, 0.5) is 0 Å². The number of rotatable bonds is 8. The molecule has 3 aromatic heterocycles. The van der Waals surface area contributed by atoms with Gasteiger partial charge in [0.2, 0.25) is 0 Å². The lowest BCUT2D eigenvalue weighted by Crippen LogP contribution is -2.03. The molecule has 6 nitrogen and oxygen atoms in total. The monoisotopic (exact) mass is 800 g/mol. The smallest absolute Gasteiger partial charge is 0.164 e. The lowest BCUT2D eigenvalue weighted by Gasteiger charge is -2.12. The maximum absolute atomic E-state index is 5.04. The second kappa shape index (κ2) is 15.8. The van der Waals surface area contributed by atoms with Crippen molar-refractivity contribution < 1.29 is 0 Å². The molecular formula is C54H36N6S. The fourth-order valence-electron chi connectivity index (χ4n) is 7.90. The fraction of sp³-hybridized carbons (Fsp3) is 0.0370. The summed E-state index contributed by atoms with van der Waals surface area (Å²) in [6, 6.07) is 60.9. The van der Waals surface area contributed by atoms with Crippen LogP contribution in [0.15, 0.2) is 194 Å². The fourth-order valence-corrected chi connectivity index (χ4v) is 8.97. The number of allylic oxidation sites excluding steroid dienone is 4. The second-order valence-corrected chi connectivity index (χ2v) is 16.1. The summed E-state index contributed by atoms with van der Waals surface area (Å²) in [6.07, 6.45) is 8.27. The lowest BCUT2D eigenvalue weighted by molar-refractivity contribution is 0.978. The molecule has 10 aromatic rings. The summed E-state index contributed by atoms with van der Waals surface area (Å²) in [4.78, 5) is 29.8. The van der Waals surface area contributed by atoms with Gasteiger partial charge in [-0.25, -0.2) is 29.9 Å². The predicted octanol–water partition coefficient (Wildman–Crippen LogP) is 13.8. The Morgan fingerprint density at radius 1 is 0.328 bits per heavy atom. The second-order valence-electron chi connectivity index (χ2n) is 15.1. The summed E-state index contributed by atoms with van der Waals surface area (Å²) < 4.78 is 2.49. The standard InChI is InChI=1S/C54H36N6S/c1-5-15-35(16-6-1)49-55-50(36-17-7-2-8-18-36)58-53(57-49)43-25-13-23-39(31-43)41-27-29-47-45(33-41)46-34-42(28-30-48(46)61-47)40-24-14-26-44(32-40)54-59-51(37-19-9-3-10-20-37)56-52(60-54)38-21-11-4-12-22-38/h1-11,13-21,23-34H,12,22H2. The van der Waals surface area contributed by atoms with Crippen LogP contribution in [-0.4, -0.2) is 29.9 Å². The van der Waals surface area contributed by atoms with Crippen molar-refractivity contribution in [2.45, 2.75) is 12.8 Å². The first-order chi connectivity index (χ1) is 30.2. The number of benzene rings is 7. The van der Waals surface area contributed by atoms with E-state index >= 15 is 0 Å². The van der Waals surface area contributed by atoms with Gasteiger partial charge in [0.05, 0.1) is 0 Å². The number of nitrogens with zero attached hydrogens (tertiary/aromatic N) is 6. The van der Waals surface area contributed by atoms with E-state index in [1.165, 1.54) is 20.2 Å². The molecule has 0 fully saturated rings. The number of hydrogen-bond acceptors (Lipinski definition) is 7. The Bertz CT molecular complexity index is 3240. The number of hydrogen-bond donors (Lipinski definition) is 0. The number of aromatic nitrogens is 6. The normalized spacial score (nSPS) is 12.5. The van der Waals surface area contributed by atoms with E-state index in [1.807, 2.05) is 90.2 Å². The number of fused-ring (bicyclic) bond motifs is 3. The molecule has 0 saturated carbocycles. The molecule has 0 aliphatic heterocycles. The molecular weight excluding hydrogens is 765 g/mol. The van der Waals surface area contributed by atoms with Gasteiger partial charge in [0.1, 0.15) is 0 Å². The van der Waals surface area contributed by atoms with Crippen LogP contribution in [-0.2, 0) is 0 Å². The molecule has 11 rings (SSSR count). The minimum absolute atomic E-state index is 0.636. The summed E-state index contributed by atoms with van der Waals surface area (Å²) in [5.74, 6) is 4.00. The van der Waals surface area contributed by atoms with Gasteiger partial charge in [-0.2, -0.15) is 0 Å². The number of thiophene rings is 1. The van der Waals surface area contributed by atoms with Gasteiger partial charge < -0.3 is 0 Å². The SMILES string of the molecule is C1=CCCC(c2nc(-c3ccccc3)nc(-c3cccc(-c4ccc5sc6ccc(-c7cccc(-c8nc(-c9ccccc9)nc(-c9ccccc9)n8)c7)cc6c5c4)c3)n2)=C1. The predicted molar refractivity (Wildman–Crippen MR) is 251 cm³/mol. The highest BCUT2D eigenvalue weighted by Gasteiger charge is 2.17. The van der Waals surface area contributed by atoms with Crippen molar-refractivity contribution in [3.63, 3.8) is 0 Å². The molecule has 0 bridgehead atoms. The van der Waals surface area contributed by atoms with Gasteiger partial charge >= 0.3 is 0 Å². The molecule has 3 heterocycles. The van der Waals surface area contributed by atoms with E-state index in [0.717, 1.165) is 74.3 Å². The third-order valence-corrected chi connectivity index (χ3v) is 12.2. The summed E-state index contributed by atoms with van der Waals surface area (Å²) in [7, 11) is 0. The van der Waals surface area contributed by atoms with Gasteiger partial charge in [0.15, 0.2) is 34.9 Å². The Balaban J connectivity index is 0.959. The minimum atomic E-state index is 0.636. The zero-order valence-corrected chi connectivity index (χ0v) is 33.8. The molecule has 0 unspecified atom stereocenters. The molecule has 288 valence electrons. The van der Waals surface area contributed by atoms with Crippen molar-refractivity contribution in [1.82, 2.24) is 29.9 Å². The molecule has 7 aromatic carbocycles. The molecule has 7 heteroatoms. The Morgan fingerprint density at radius 2 is 0.705 bits per heavy atom. The van der Waals surface area contributed by atoms with Crippen LogP contribution < -0.4 is 0 Å². The molecule has 1 aliphatic carbocycles. The Kier molecular flexibility index (Phi) is 9.41. The van der Waals surface area contributed by atoms with Gasteiger partial charge in [-0.1, -0.05) is 158 Å². The topological polar surface area (TPSA) is 77.3 Å². The van der Waals surface area contributed by atoms with E-state index in [-0.39, 0.29) is 0 Å². The van der Waals surface area contributed by atoms with E-state index in [4.69, 9.17) is 29.9 Å². The zero-order valence-electron chi connectivity index (χ0n) is 33.0. The molecule has 61 heavy (non-hydrogen) atoms. The maximum atomic E-state index is 5.04. The quantitative estimate of drug-likeness (QED) is 0.152. The van der Waals surface area contributed by atoms with E-state index < -0.39 is 0 Å². The largest absolute Gasteiger partial charge is 0.209 e. The van der Waals surface area contributed by atoms with E-state index in [0.29, 0.717) is 29.1 Å². The molecule has 1 aliphatic rings. The first-order valence-electron chi connectivity index (χ1n) is 20.4. The summed E-state index contributed by atoms with van der Waals surface area (Å²) in [6.45, 7) is 0. The molecule has 0 radical (unpaired) electrons. The van der Waals surface area contributed by atoms with Crippen molar-refractivity contribution in [2.24, 2.45) is 0 Å². The van der Waals surface area contributed by atoms with Crippen LogP contribution in [0.25, 0.3) is 105 Å². The van der Waals surface area contributed by atoms with Crippen LogP contribution in [0.1, 0.15) is 18.7 Å². The average Bonchev–Trinajstić information content (AvgIpc) is 3.72. The van der Waals surface area contributed by atoms with Gasteiger partial charge in [-0.15, -0.1) is 11.3 Å². The van der Waals surface area contributed by atoms with Crippen LogP contribution in [0.2, 0.25) is 0 Å². The van der Waals surface area contributed by atoms with Crippen molar-refractivity contribution in [2.75, 3.05) is 0 Å². The van der Waals surface area contributed by atoms with Crippen molar-refractivity contribution >= 4 is 37.1 Å². The molecule has 0 saturated heterocycles. The summed E-state index contributed by atoms with van der Waals surface area (Å²) in [5.41, 5.74) is 10.3. The molecule has 0 atom stereocenters. The van der Waals surface area contributed by atoms with Crippen LogP contribution in [0, 0.1) is 0 Å². The van der Waals surface area contributed by atoms with E-state index in [1.54, 1.807) is 0 Å². The van der Waals surface area contributed by atoms with Gasteiger partial charge in [0, 0.05) is 48.0 Å². The first-order valence-corrected chi connectivity index (χ1v) is 21.2. The lowest BCUT2D eigenvalue weighted by atomic mass is 9.98. The molecule has 0 amide bonds. The maximum Gasteiger partial charge on any atom is 0.164 e. The van der Waals surface area contributed by atoms with Gasteiger partial charge in [-0.05, 0) is 77.1 Å². The summed E-state index contributed by atoms with van der Waals surface area (Å²) in [5, 5.41) is 2.45. The van der Waals surface area contributed by atoms with Crippen LogP contribution in [0.5, 0.6) is 0 Å². The van der Waals surface area contributed by atoms with E-state index in [2.05, 4.69) is 115 Å². The Hall–Kier alpha value is -7.74. The van der Waals surface area contributed by atoms with Crippen molar-refractivity contribution in [1.29, 1.82) is 0 Å². The molecule has 0 spiro atoms. The Labute approximate surface area is 357 Å². The third-order valence-electron chi connectivity index (χ3n) is 11.0. The van der Waals surface area contributed by atoms with Crippen LogP contribution >= 0.6 is 11.3 Å². The highest BCUT2D eigenvalue weighted by molar-refractivity contribution is 7.25. The zero-order chi connectivity index (χ0) is 40.5. The van der Waals surface area contributed by atoms with Gasteiger partial charge in [-0.3, -0.25) is 0 Å². The highest BCUT2D eigenvalue weighted by Crippen LogP contribution is 2.40. The third kappa shape index (κ3) is 7.32. The van der Waals surface area contributed by atoms with Gasteiger partial charge in [0.25, 0.3) is 0 Å². The van der Waals surface area contributed by atoms with E-state index in [9.17, 15) is 0 Å². The minimum Gasteiger partial charge on any atom is -0.209 e. The summed E-state index contributed by atoms with van der Waals surface area (Å²) >= 11 is 1.82. The Morgan fingerprint density at radius 3 is 1.13 bits per heavy atom. The first kappa shape index (κ1) is 36.3. The average molecular weight is 801 g/mol. The van der Waals surface area contributed by atoms with Crippen molar-refractivity contribution in [3.05, 3.63) is 200 Å². The van der Waals surface area contributed by atoms with Crippen LogP contribution in [0.3, 0.4) is 0 Å². The highest BCUT2D eigenvalue weighted by atomic mass is 32.1.